The lowest BCUT2D eigenvalue weighted by molar-refractivity contribution is 0.262. The van der Waals surface area contributed by atoms with Crippen molar-refractivity contribution < 1.29 is 4.79 Å². The normalized spacial score (nSPS) is 17.6. The zero-order chi connectivity index (χ0) is 17.1. The van der Waals surface area contributed by atoms with E-state index in [1.165, 1.54) is 36.2 Å². The molecule has 6 nitrogen and oxygen atoms in total. The maximum Gasteiger partial charge on any atom is 0.325 e. The maximum atomic E-state index is 12.2. The Balaban J connectivity index is 1.62. The summed E-state index contributed by atoms with van der Waals surface area (Å²) in [4.78, 5) is 14.4. The smallest absolute Gasteiger partial charge is 0.325 e. The van der Waals surface area contributed by atoms with E-state index < -0.39 is 0 Å². The van der Waals surface area contributed by atoms with Gasteiger partial charge in [0.25, 0.3) is 0 Å². The van der Waals surface area contributed by atoms with Gasteiger partial charge in [0, 0.05) is 18.3 Å². The van der Waals surface area contributed by atoms with Gasteiger partial charge < -0.3 is 10.2 Å². The van der Waals surface area contributed by atoms with Gasteiger partial charge in [-0.1, -0.05) is 29.0 Å². The number of nitrogens with one attached hydrogen (secondary N) is 2. The highest BCUT2D eigenvalue weighted by atomic mass is 32.1. The van der Waals surface area contributed by atoms with Crippen molar-refractivity contribution in [2.45, 2.75) is 46.1 Å². The minimum Gasteiger partial charge on any atom is -0.344 e. The first kappa shape index (κ1) is 16.7. The van der Waals surface area contributed by atoms with Crippen LogP contribution in [0, 0.1) is 13.8 Å². The zero-order valence-corrected chi connectivity index (χ0v) is 15.1. The molecule has 128 valence electrons. The minimum absolute atomic E-state index is 0.295. The van der Waals surface area contributed by atoms with Crippen LogP contribution in [0.4, 0.5) is 20.7 Å². The number of amides is 2. The van der Waals surface area contributed by atoms with Gasteiger partial charge in [-0.2, -0.15) is 0 Å². The number of anilines is 3. The molecule has 3 rings (SSSR count). The van der Waals surface area contributed by atoms with Gasteiger partial charge in [-0.25, -0.2) is 4.79 Å². The Morgan fingerprint density at radius 2 is 2.08 bits per heavy atom. The molecule has 1 aromatic carbocycles. The minimum atomic E-state index is -0.295. The molecule has 1 atom stereocenters. The number of carbonyl (C=O) groups is 1. The van der Waals surface area contributed by atoms with E-state index in [0.29, 0.717) is 11.2 Å². The zero-order valence-electron chi connectivity index (χ0n) is 14.3. The van der Waals surface area contributed by atoms with E-state index in [4.69, 9.17) is 0 Å². The summed E-state index contributed by atoms with van der Waals surface area (Å²) in [5, 5.41) is 15.4. The molecule has 2 N–H and O–H groups in total. The van der Waals surface area contributed by atoms with Crippen molar-refractivity contribution in [1.82, 2.24) is 10.2 Å². The molecule has 0 bridgehead atoms. The van der Waals surface area contributed by atoms with Crippen LogP contribution in [0.1, 0.15) is 37.3 Å². The van der Waals surface area contributed by atoms with Crippen molar-refractivity contribution in [3.63, 3.8) is 0 Å². The topological polar surface area (TPSA) is 70.1 Å². The molecule has 0 aliphatic carbocycles. The first-order valence-electron chi connectivity index (χ1n) is 8.28. The molecule has 0 radical (unpaired) electrons. The number of aromatic nitrogens is 2. The number of nitrogens with zero attached hydrogens (tertiary/aromatic N) is 3. The van der Waals surface area contributed by atoms with E-state index in [-0.39, 0.29) is 6.03 Å². The number of benzene rings is 1. The lowest BCUT2D eigenvalue weighted by Gasteiger charge is -2.32. The van der Waals surface area contributed by atoms with Gasteiger partial charge in [-0.15, -0.1) is 10.2 Å². The van der Waals surface area contributed by atoms with E-state index in [1.807, 2.05) is 32.0 Å². The summed E-state index contributed by atoms with van der Waals surface area (Å²) in [5.74, 6) is 0. The fourth-order valence-corrected chi connectivity index (χ4v) is 3.84. The monoisotopic (exact) mass is 345 g/mol. The van der Waals surface area contributed by atoms with Crippen LogP contribution in [0.2, 0.25) is 0 Å². The average Bonchev–Trinajstić information content (AvgIpc) is 2.99. The predicted molar refractivity (Wildman–Crippen MR) is 99.1 cm³/mol. The van der Waals surface area contributed by atoms with Gasteiger partial charge in [0.2, 0.25) is 10.3 Å². The second-order valence-electron chi connectivity index (χ2n) is 6.33. The van der Waals surface area contributed by atoms with Crippen LogP contribution >= 0.6 is 11.3 Å². The molecule has 1 aliphatic rings. The molecule has 0 spiro atoms. The maximum absolute atomic E-state index is 12.2. The Morgan fingerprint density at radius 3 is 2.83 bits per heavy atom. The summed E-state index contributed by atoms with van der Waals surface area (Å²) in [6.45, 7) is 7.22. The molecular weight excluding hydrogens is 322 g/mol. The van der Waals surface area contributed by atoms with Gasteiger partial charge in [-0.3, -0.25) is 5.32 Å². The van der Waals surface area contributed by atoms with Crippen molar-refractivity contribution in [2.75, 3.05) is 22.1 Å². The molecule has 1 saturated heterocycles. The van der Waals surface area contributed by atoms with Crippen molar-refractivity contribution in [2.24, 2.45) is 0 Å². The van der Waals surface area contributed by atoms with Crippen LogP contribution in [0.25, 0.3) is 0 Å². The molecule has 0 unspecified atom stereocenters. The summed E-state index contributed by atoms with van der Waals surface area (Å²) < 4.78 is 0. The Hall–Kier alpha value is -2.15. The van der Waals surface area contributed by atoms with Gasteiger partial charge in [0.1, 0.15) is 0 Å². The lowest BCUT2D eigenvalue weighted by atomic mass is 10.1. The Kier molecular flexibility index (Phi) is 4.99. The van der Waals surface area contributed by atoms with Crippen molar-refractivity contribution in [3.8, 4) is 0 Å². The number of piperidine rings is 1. The number of hydrogen-bond acceptors (Lipinski definition) is 5. The van der Waals surface area contributed by atoms with Crippen LogP contribution in [-0.4, -0.2) is 28.8 Å². The molecule has 1 fully saturated rings. The number of rotatable bonds is 3. The molecule has 1 aromatic heterocycles. The Labute approximate surface area is 146 Å². The highest BCUT2D eigenvalue weighted by Gasteiger charge is 2.22. The van der Waals surface area contributed by atoms with Crippen LogP contribution < -0.4 is 15.5 Å². The van der Waals surface area contributed by atoms with E-state index in [0.717, 1.165) is 22.9 Å². The van der Waals surface area contributed by atoms with Crippen LogP contribution in [0.5, 0.6) is 0 Å². The molecule has 1 aliphatic heterocycles. The first-order chi connectivity index (χ1) is 11.5. The number of hydrogen-bond donors (Lipinski definition) is 2. The Bertz CT molecular complexity index is 730. The second-order valence-corrected chi connectivity index (χ2v) is 7.28. The second kappa shape index (κ2) is 7.17. The standard InChI is InChI=1S/C17H23N5OS/c1-11-7-8-14(12(2)10-11)18-15(23)19-16-20-21-17(24-16)22-9-5-4-6-13(22)3/h7-8,10,13H,4-6,9H2,1-3H3,(H2,18,19,20,23)/t13-/m0/s1. The third kappa shape index (κ3) is 3.84. The summed E-state index contributed by atoms with van der Waals surface area (Å²) in [6.07, 6.45) is 3.62. The number of carbonyl (C=O) groups excluding carboxylic acids is 1. The molecule has 24 heavy (non-hydrogen) atoms. The summed E-state index contributed by atoms with van der Waals surface area (Å²) >= 11 is 1.42. The lowest BCUT2D eigenvalue weighted by Crippen LogP contribution is -2.37. The molecule has 7 heteroatoms. The van der Waals surface area contributed by atoms with Gasteiger partial charge in [0.15, 0.2) is 0 Å². The summed E-state index contributed by atoms with van der Waals surface area (Å²) in [6, 6.07) is 6.10. The molecule has 2 aromatic rings. The van der Waals surface area contributed by atoms with Crippen LogP contribution in [0.3, 0.4) is 0 Å². The quantitative estimate of drug-likeness (QED) is 0.875. The number of aryl methyl sites for hydroxylation is 2. The van der Waals surface area contributed by atoms with Crippen molar-refractivity contribution >= 4 is 33.3 Å². The fourth-order valence-electron chi connectivity index (χ4n) is 2.97. The fraction of sp³-hybridized carbons (Fsp3) is 0.471. The third-order valence-electron chi connectivity index (χ3n) is 4.31. The van der Waals surface area contributed by atoms with Crippen LogP contribution in [-0.2, 0) is 0 Å². The van der Waals surface area contributed by atoms with Crippen LogP contribution in [0.15, 0.2) is 18.2 Å². The summed E-state index contributed by atoms with van der Waals surface area (Å²) in [5.41, 5.74) is 3.00. The number of urea groups is 1. The highest BCUT2D eigenvalue weighted by Crippen LogP contribution is 2.29. The highest BCUT2D eigenvalue weighted by molar-refractivity contribution is 7.19. The van der Waals surface area contributed by atoms with E-state index >= 15 is 0 Å². The Morgan fingerprint density at radius 1 is 1.25 bits per heavy atom. The van der Waals surface area contributed by atoms with Gasteiger partial charge >= 0.3 is 6.03 Å². The molecule has 2 heterocycles. The largest absolute Gasteiger partial charge is 0.344 e. The first-order valence-corrected chi connectivity index (χ1v) is 9.10. The van der Waals surface area contributed by atoms with Gasteiger partial charge in [0.05, 0.1) is 0 Å². The molecule has 0 saturated carbocycles. The average molecular weight is 345 g/mol. The van der Waals surface area contributed by atoms with E-state index in [9.17, 15) is 4.79 Å². The van der Waals surface area contributed by atoms with E-state index in [1.54, 1.807) is 0 Å². The van der Waals surface area contributed by atoms with E-state index in [2.05, 4.69) is 32.7 Å². The van der Waals surface area contributed by atoms with Gasteiger partial charge in [-0.05, 0) is 51.7 Å². The third-order valence-corrected chi connectivity index (χ3v) is 5.19. The molecule has 2 amide bonds. The molecular formula is C17H23N5OS. The van der Waals surface area contributed by atoms with Crippen molar-refractivity contribution in [3.05, 3.63) is 29.3 Å². The van der Waals surface area contributed by atoms with Crippen molar-refractivity contribution in [1.29, 1.82) is 0 Å². The predicted octanol–water partition coefficient (Wildman–Crippen LogP) is 4.18. The summed E-state index contributed by atoms with van der Waals surface area (Å²) in [7, 11) is 0. The SMILES string of the molecule is Cc1ccc(NC(=O)Nc2nnc(N3CCCC[C@@H]3C)s2)c(C)c1.